The lowest BCUT2D eigenvalue weighted by Gasteiger charge is -1.98. The highest BCUT2D eigenvalue weighted by molar-refractivity contribution is 5.68. The number of aromatic nitrogens is 3. The molecule has 0 aliphatic rings. The molecule has 2 heterocycles. The molecule has 4 nitrogen and oxygen atoms in total. The number of rotatable bonds is 2. The van der Waals surface area contributed by atoms with Gasteiger partial charge in [-0.05, 0) is 36.4 Å². The van der Waals surface area contributed by atoms with E-state index in [1.165, 1.54) is 12.1 Å². The minimum absolute atomic E-state index is 0.0139. The number of nitrogens with zero attached hydrogens (tertiary/aromatic N) is 3. The highest BCUT2D eigenvalue weighted by atomic mass is 19.1. The number of halogens is 1. The van der Waals surface area contributed by atoms with E-state index in [2.05, 4.69) is 15.2 Å². The molecule has 0 spiro atoms. The van der Waals surface area contributed by atoms with Crippen molar-refractivity contribution < 1.29 is 4.39 Å². The normalized spacial score (nSPS) is 10.2. The summed E-state index contributed by atoms with van der Waals surface area (Å²) in [5.74, 6) is -0.525. The van der Waals surface area contributed by atoms with E-state index in [0.717, 1.165) is 17.0 Å². The summed E-state index contributed by atoms with van der Waals surface area (Å²) in [5.41, 5.74) is 3.08. The van der Waals surface area contributed by atoms with Gasteiger partial charge in [0.1, 0.15) is 11.9 Å². The van der Waals surface area contributed by atoms with Crippen LogP contribution in [0.4, 0.5) is 4.39 Å². The first kappa shape index (κ1) is 12.1. The fourth-order valence-corrected chi connectivity index (χ4v) is 1.91. The first-order chi connectivity index (χ1) is 9.78. The van der Waals surface area contributed by atoms with Crippen LogP contribution in [0.15, 0.2) is 48.8 Å². The van der Waals surface area contributed by atoms with Crippen molar-refractivity contribution in [2.45, 2.75) is 0 Å². The van der Waals surface area contributed by atoms with Crippen molar-refractivity contribution in [3.05, 3.63) is 60.2 Å². The Hall–Kier alpha value is -3.00. The van der Waals surface area contributed by atoms with Gasteiger partial charge < -0.3 is 0 Å². The summed E-state index contributed by atoms with van der Waals surface area (Å²) in [5, 5.41) is 15.9. The molecule has 0 saturated carbocycles. The van der Waals surface area contributed by atoms with Crippen LogP contribution in [0, 0.1) is 17.1 Å². The fraction of sp³-hybridized carbons (Fsp3) is 0. The van der Waals surface area contributed by atoms with Gasteiger partial charge in [-0.1, -0.05) is 0 Å². The Labute approximate surface area is 114 Å². The molecule has 1 aromatic carbocycles. The molecular weight excluding hydrogens is 255 g/mol. The first-order valence-electron chi connectivity index (χ1n) is 5.94. The van der Waals surface area contributed by atoms with E-state index in [-0.39, 0.29) is 5.56 Å². The SMILES string of the molecule is N#Cc1cc(-c2cc(-c3cccnc3)n[nH]2)ccc1F. The zero-order valence-corrected chi connectivity index (χ0v) is 10.3. The third-order valence-electron chi connectivity index (χ3n) is 2.93. The Morgan fingerprint density at radius 3 is 2.80 bits per heavy atom. The van der Waals surface area contributed by atoms with Gasteiger partial charge in [-0.15, -0.1) is 0 Å². The Balaban J connectivity index is 2.01. The van der Waals surface area contributed by atoms with Crippen molar-refractivity contribution in [1.82, 2.24) is 15.2 Å². The van der Waals surface area contributed by atoms with Crippen LogP contribution in [0.2, 0.25) is 0 Å². The van der Waals surface area contributed by atoms with Gasteiger partial charge in [0.05, 0.1) is 17.0 Å². The van der Waals surface area contributed by atoms with Crippen LogP contribution >= 0.6 is 0 Å². The number of H-pyrrole nitrogens is 1. The summed E-state index contributed by atoms with van der Waals surface area (Å²) in [4.78, 5) is 4.04. The van der Waals surface area contributed by atoms with Crippen LogP contribution in [0.1, 0.15) is 5.56 Å². The average Bonchev–Trinajstić information content (AvgIpc) is 2.98. The minimum atomic E-state index is -0.525. The Bertz CT molecular complexity index is 787. The predicted octanol–water partition coefficient (Wildman–Crippen LogP) is 3.15. The summed E-state index contributed by atoms with van der Waals surface area (Å²) >= 11 is 0. The average molecular weight is 264 g/mol. The van der Waals surface area contributed by atoms with Crippen molar-refractivity contribution in [2.75, 3.05) is 0 Å². The van der Waals surface area contributed by atoms with Gasteiger partial charge in [0.15, 0.2) is 0 Å². The molecular formula is C15H9FN4. The lowest BCUT2D eigenvalue weighted by Crippen LogP contribution is -1.85. The van der Waals surface area contributed by atoms with Gasteiger partial charge in [-0.3, -0.25) is 10.1 Å². The van der Waals surface area contributed by atoms with Crippen molar-refractivity contribution >= 4 is 0 Å². The molecule has 0 aliphatic heterocycles. The number of nitrogens with one attached hydrogen (secondary N) is 1. The van der Waals surface area contributed by atoms with Crippen LogP contribution in [0.3, 0.4) is 0 Å². The summed E-state index contributed by atoms with van der Waals surface area (Å²) in [6.45, 7) is 0. The van der Waals surface area contributed by atoms with Crippen molar-refractivity contribution in [3.63, 3.8) is 0 Å². The molecule has 0 saturated heterocycles. The van der Waals surface area contributed by atoms with E-state index in [1.807, 2.05) is 24.3 Å². The molecule has 3 aromatic rings. The highest BCUT2D eigenvalue weighted by Gasteiger charge is 2.08. The molecule has 3 rings (SSSR count). The molecule has 0 aliphatic carbocycles. The zero-order valence-electron chi connectivity index (χ0n) is 10.3. The predicted molar refractivity (Wildman–Crippen MR) is 71.9 cm³/mol. The van der Waals surface area contributed by atoms with Gasteiger partial charge in [-0.2, -0.15) is 10.4 Å². The fourth-order valence-electron chi connectivity index (χ4n) is 1.91. The highest BCUT2D eigenvalue weighted by Crippen LogP contribution is 2.24. The van der Waals surface area contributed by atoms with Gasteiger partial charge in [0.25, 0.3) is 0 Å². The minimum Gasteiger partial charge on any atom is -0.277 e. The molecule has 0 bridgehead atoms. The number of aromatic amines is 1. The summed E-state index contributed by atoms with van der Waals surface area (Å²) in [6.07, 6.45) is 3.40. The third kappa shape index (κ3) is 2.15. The smallest absolute Gasteiger partial charge is 0.140 e. The number of pyridine rings is 1. The van der Waals surface area contributed by atoms with Crippen LogP contribution in [-0.4, -0.2) is 15.2 Å². The van der Waals surface area contributed by atoms with Gasteiger partial charge in [0, 0.05) is 23.5 Å². The number of hydrogen-bond acceptors (Lipinski definition) is 3. The van der Waals surface area contributed by atoms with Crippen LogP contribution < -0.4 is 0 Å². The van der Waals surface area contributed by atoms with E-state index in [0.29, 0.717) is 5.56 Å². The second-order valence-electron chi connectivity index (χ2n) is 4.21. The van der Waals surface area contributed by atoms with Crippen LogP contribution in [0.5, 0.6) is 0 Å². The molecule has 1 N–H and O–H groups in total. The summed E-state index contributed by atoms with van der Waals surface area (Å²) < 4.78 is 13.3. The zero-order chi connectivity index (χ0) is 13.9. The molecule has 96 valence electrons. The van der Waals surface area contributed by atoms with E-state index in [4.69, 9.17) is 5.26 Å². The van der Waals surface area contributed by atoms with E-state index < -0.39 is 5.82 Å². The topological polar surface area (TPSA) is 65.4 Å². The first-order valence-corrected chi connectivity index (χ1v) is 5.94. The van der Waals surface area contributed by atoms with Crippen LogP contribution in [0.25, 0.3) is 22.5 Å². The molecule has 2 aromatic heterocycles. The standard InChI is InChI=1S/C15H9FN4/c16-13-4-3-10(6-12(13)8-17)14-7-15(20-19-14)11-2-1-5-18-9-11/h1-7,9H,(H,19,20). The van der Waals surface area contributed by atoms with Crippen molar-refractivity contribution in [2.24, 2.45) is 0 Å². The lowest BCUT2D eigenvalue weighted by molar-refractivity contribution is 0.624. The van der Waals surface area contributed by atoms with E-state index in [1.54, 1.807) is 18.5 Å². The van der Waals surface area contributed by atoms with Crippen molar-refractivity contribution in [3.8, 4) is 28.6 Å². The third-order valence-corrected chi connectivity index (χ3v) is 2.93. The molecule has 0 radical (unpaired) electrons. The maximum atomic E-state index is 13.3. The number of nitriles is 1. The van der Waals surface area contributed by atoms with E-state index >= 15 is 0 Å². The van der Waals surface area contributed by atoms with Gasteiger partial charge in [0.2, 0.25) is 0 Å². The van der Waals surface area contributed by atoms with Gasteiger partial charge >= 0.3 is 0 Å². The number of benzene rings is 1. The lowest BCUT2D eigenvalue weighted by atomic mass is 10.1. The van der Waals surface area contributed by atoms with Crippen molar-refractivity contribution in [1.29, 1.82) is 5.26 Å². The second kappa shape index (κ2) is 4.94. The molecule has 0 unspecified atom stereocenters. The molecule has 0 fully saturated rings. The monoisotopic (exact) mass is 264 g/mol. The van der Waals surface area contributed by atoms with Gasteiger partial charge in [-0.25, -0.2) is 4.39 Å². The maximum Gasteiger partial charge on any atom is 0.140 e. The quantitative estimate of drug-likeness (QED) is 0.773. The molecule has 20 heavy (non-hydrogen) atoms. The Morgan fingerprint density at radius 2 is 2.05 bits per heavy atom. The summed E-state index contributed by atoms with van der Waals surface area (Å²) in [6, 6.07) is 11.8. The largest absolute Gasteiger partial charge is 0.277 e. The Morgan fingerprint density at radius 1 is 1.15 bits per heavy atom. The van der Waals surface area contributed by atoms with Crippen LogP contribution in [-0.2, 0) is 0 Å². The Kier molecular flexibility index (Phi) is 2.98. The number of hydrogen-bond donors (Lipinski definition) is 1. The maximum absolute atomic E-state index is 13.3. The molecule has 0 amide bonds. The molecule has 5 heteroatoms. The van der Waals surface area contributed by atoms with E-state index in [9.17, 15) is 4.39 Å². The second-order valence-corrected chi connectivity index (χ2v) is 4.21. The summed E-state index contributed by atoms with van der Waals surface area (Å²) in [7, 11) is 0. The molecule has 0 atom stereocenters.